The van der Waals surface area contributed by atoms with E-state index in [1.807, 2.05) is 99.0 Å². The van der Waals surface area contributed by atoms with Gasteiger partial charge in [-0.25, -0.2) is 23.2 Å². The molecule has 38 heteroatoms. The molecule has 15 heterocycles. The Morgan fingerprint density at radius 3 is 1.35 bits per heavy atom. The lowest BCUT2D eigenvalue weighted by atomic mass is 10.1. The summed E-state index contributed by atoms with van der Waals surface area (Å²) in [6.45, 7) is 20.7. The molecule has 0 aliphatic carbocycles. The molecule has 16 rings (SSSR count). The first-order chi connectivity index (χ1) is 61.1. The fraction of sp³-hybridized carbons (Fsp3) is 0.348. The predicted molar refractivity (Wildman–Crippen MR) is 452 cm³/mol. The molecule has 9 aromatic heterocycles. The van der Waals surface area contributed by atoms with Gasteiger partial charge in [-0.05, 0) is 171 Å². The maximum absolute atomic E-state index is 11.9. The number of amides is 1. The van der Waals surface area contributed by atoms with Gasteiger partial charge in [0.1, 0.15) is 35.0 Å². The monoisotopic (exact) mass is 1760 g/mol. The summed E-state index contributed by atoms with van der Waals surface area (Å²) in [7, 11) is 2.11. The van der Waals surface area contributed by atoms with Crippen molar-refractivity contribution in [2.45, 2.75) is 103 Å². The number of ether oxygens (including phenoxy) is 4. The predicted octanol–water partition coefficient (Wildman–Crippen LogP) is 14.7. The van der Waals surface area contributed by atoms with Crippen molar-refractivity contribution >= 4 is 110 Å². The summed E-state index contributed by atoms with van der Waals surface area (Å²) in [5.74, 6) is 4.05. The van der Waals surface area contributed by atoms with E-state index in [9.17, 15) is 61.8 Å². The highest BCUT2D eigenvalue weighted by Crippen LogP contribution is 2.31. The van der Waals surface area contributed by atoms with Crippen LogP contribution in [-0.4, -0.2) is 229 Å². The number of carbonyl (C=O) groups is 12. The van der Waals surface area contributed by atoms with Crippen LogP contribution in [0.5, 0.6) is 11.7 Å². The Morgan fingerprint density at radius 2 is 0.945 bits per heavy atom. The van der Waals surface area contributed by atoms with Crippen LogP contribution < -0.4 is 24.3 Å². The number of nitriles is 1. The number of aliphatic hydroxyl groups is 1. The van der Waals surface area contributed by atoms with E-state index in [1.165, 1.54) is 24.6 Å². The van der Waals surface area contributed by atoms with Crippen molar-refractivity contribution in [3.8, 4) is 17.8 Å². The summed E-state index contributed by atoms with van der Waals surface area (Å²) in [6.07, 6.45) is 11.6. The smallest absolute Gasteiger partial charge is 0.414 e. The number of rotatable bonds is 18. The van der Waals surface area contributed by atoms with Crippen LogP contribution in [0, 0.1) is 11.3 Å². The first-order valence-corrected chi connectivity index (χ1v) is 39.7. The van der Waals surface area contributed by atoms with E-state index >= 15 is 0 Å². The van der Waals surface area contributed by atoms with Gasteiger partial charge in [0, 0.05) is 127 Å². The number of benzene rings is 1. The van der Waals surface area contributed by atoms with Gasteiger partial charge in [0.15, 0.2) is 138 Å². The molecule has 1 aromatic carbocycles. The van der Waals surface area contributed by atoms with Crippen LogP contribution in [0.4, 0.5) is 37.1 Å². The van der Waals surface area contributed by atoms with Crippen LogP contribution in [-0.2, 0) is 23.8 Å². The number of halogens is 2. The largest absolute Gasteiger partial charge is 0.473 e. The van der Waals surface area contributed by atoms with Crippen LogP contribution in [0.25, 0.3) is 5.57 Å². The van der Waals surface area contributed by atoms with Gasteiger partial charge >= 0.3 is 18.0 Å². The maximum atomic E-state index is 11.9. The van der Waals surface area contributed by atoms with Gasteiger partial charge in [-0.3, -0.25) is 48.1 Å². The number of alkyl halides is 2. The summed E-state index contributed by atoms with van der Waals surface area (Å²) in [4.78, 5) is 139. The minimum Gasteiger partial charge on any atom is -0.473 e. The number of aliphatic imine (C=N–C) groups is 1. The summed E-state index contributed by atoms with van der Waals surface area (Å²) in [5.41, 5.74) is 0.539. The first kappa shape index (κ1) is 99.7. The van der Waals surface area contributed by atoms with Crippen molar-refractivity contribution in [3.63, 3.8) is 0 Å². The van der Waals surface area contributed by atoms with Gasteiger partial charge < -0.3 is 103 Å². The molecule has 36 nitrogen and oxygen atoms in total. The lowest BCUT2D eigenvalue weighted by Crippen LogP contribution is -2.50. The summed E-state index contributed by atoms with van der Waals surface area (Å²) < 4.78 is 91.1. The molecule has 5 fully saturated rings. The standard InChI is InChI=1S/C14H20N2O4.C11H15NO3.C11H8O3.C10H14N2O2.C10H13NO3.C10H12O3.C9H7NO2.C6H4F2O2.C6H3NO2.C2H2O4/c1-14(2,3)20-13(18)16-8-6-15(7-9-16)12-5-4-11(10-17)19-12;1-8-5-12(6-9(2)14-8)11-4-3-10(7-13)15-11;12-8-10-6-7-11(14-10)13-9-4-2-1-3-5-9;1-11-4-6-12(7-5-11)10-3-2-9(8-13)14-10;12-7-9-1-2-10(14-9)11-5-3-8(13)4-6-11;11-7-8-4-5-10(13-8)9-3-1-2-6-12-9;11-6-8-1-2-9(12-8)7-3-4-10-5-7;7-6(8)5-2-1-4(3-9)10-5;7-3-5-1-2-6(4-8)9-5;3-1(4)2(5)6/h4-5,10H,6-9H2,1-3H3;3-4,7-9H,5-6H2,1-2H3;1-8H;2-3,8H,4-7H2,1H3;1-2,7-8,13H,3-6H2;4-5,7,9H,1-3,6H2;1-4,6H,5H2;1-3,6H;1-2,4H;(H,3,4)(H,5,6). The Balaban J connectivity index is 0.000000196. The number of hydrogen-bond donors (Lipinski definition) is 3. The zero-order valence-corrected chi connectivity index (χ0v) is 70.3. The highest BCUT2D eigenvalue weighted by atomic mass is 19.3. The molecule has 6 aliphatic heterocycles. The van der Waals surface area contributed by atoms with E-state index in [-0.39, 0.29) is 53.6 Å². The molecule has 127 heavy (non-hydrogen) atoms. The number of piperidine rings is 1. The van der Waals surface area contributed by atoms with E-state index in [0.717, 1.165) is 138 Å². The van der Waals surface area contributed by atoms with Crippen LogP contribution in [0.1, 0.15) is 197 Å². The number of carboxylic acids is 2. The number of furan rings is 9. The molecule has 3 N–H and O–H groups in total. The Morgan fingerprint density at radius 1 is 0.504 bits per heavy atom. The normalized spacial score (nSPS) is 16.3. The van der Waals surface area contributed by atoms with Crippen molar-refractivity contribution < 1.29 is 140 Å². The molecule has 3 unspecified atom stereocenters. The number of aliphatic carboxylic acids is 2. The SMILES string of the molecule is CC(C)(C)OC(=O)N1CCN(c2ccc(C=O)o2)CC1.CC1CN(c2ccc(C=O)o2)CC(C)O1.CN1CCN(c2ccc(C=O)o2)CC1.N#Cc1ccc(C=O)o1.O=C(O)C(=O)O.O=Cc1ccc(C(F)F)o1.O=Cc1ccc(C2=CC=NC2)o1.O=Cc1ccc(C2CCCCO2)o1.O=Cc1ccc(N2CCC(O)CC2)o1.O=Cc1ccc(Oc2ccccc2)o1. The Bertz CT molecular complexity index is 5080. The average molecular weight is 1770 g/mol. The molecule has 0 saturated carbocycles. The van der Waals surface area contributed by atoms with Crippen LogP contribution >= 0.6 is 0 Å². The Hall–Kier alpha value is -14.4. The third-order valence-electron chi connectivity index (χ3n) is 18.1. The number of anilines is 4. The van der Waals surface area contributed by atoms with Gasteiger partial charge in [0.2, 0.25) is 5.76 Å². The van der Waals surface area contributed by atoms with Crippen molar-refractivity contribution in [3.05, 3.63) is 220 Å². The molecule has 5 saturated heterocycles. The first-order valence-electron chi connectivity index (χ1n) is 39.7. The Labute approximate surface area is 727 Å². The quantitative estimate of drug-likeness (QED) is 0.0530. The van der Waals surface area contributed by atoms with Gasteiger partial charge in [0.05, 0.1) is 24.9 Å². The second kappa shape index (κ2) is 52.3. The number of piperazine rings is 2. The highest BCUT2D eigenvalue weighted by molar-refractivity contribution is 6.27. The third kappa shape index (κ3) is 34.7. The van der Waals surface area contributed by atoms with E-state index < -0.39 is 29.7 Å². The minimum atomic E-state index is -2.64. The molecular formula is C89H98F2N8O28. The molecule has 10 aromatic rings. The number of allylic oxidation sites excluding steroid dienone is 1. The number of carboxylic acid groups (broad SMARTS) is 2. The van der Waals surface area contributed by atoms with Crippen molar-refractivity contribution in [2.24, 2.45) is 4.99 Å². The second-order valence-corrected chi connectivity index (χ2v) is 28.9. The summed E-state index contributed by atoms with van der Waals surface area (Å²) in [5, 5.41) is 32.3. The van der Waals surface area contributed by atoms with Crippen molar-refractivity contribution in [2.75, 3.05) is 118 Å². The number of morpholine rings is 1. The lowest BCUT2D eigenvalue weighted by Gasteiger charge is -2.35. The topological polar surface area (TPSA) is 476 Å². The van der Waals surface area contributed by atoms with Gasteiger partial charge in [0.25, 0.3) is 12.4 Å². The van der Waals surface area contributed by atoms with Gasteiger partial charge in [-0.1, -0.05) is 18.2 Å². The zero-order chi connectivity index (χ0) is 92.2. The molecule has 0 bridgehead atoms. The maximum Gasteiger partial charge on any atom is 0.414 e. The molecular weight excluding hydrogens is 1670 g/mol. The summed E-state index contributed by atoms with van der Waals surface area (Å²) in [6, 6.07) is 40.2. The molecule has 1 amide bonds. The lowest BCUT2D eigenvalue weighted by molar-refractivity contribution is -0.159. The number of para-hydroxylation sites is 1. The van der Waals surface area contributed by atoms with Crippen LogP contribution in [0.15, 0.2) is 190 Å². The van der Waals surface area contributed by atoms with Gasteiger partial charge in [-0.15, -0.1) is 0 Å². The van der Waals surface area contributed by atoms with Crippen molar-refractivity contribution in [1.29, 1.82) is 5.26 Å². The molecule has 6 aliphatic rings. The average Bonchev–Trinajstić information content (AvgIpc) is 1.82. The zero-order valence-electron chi connectivity index (χ0n) is 70.3. The summed E-state index contributed by atoms with van der Waals surface area (Å²) >= 11 is 0. The van der Waals surface area contributed by atoms with E-state index in [4.69, 9.17) is 74.9 Å². The number of aldehydes is 9. The number of aliphatic hydroxyl groups excluding tert-OH is 1. The number of carbonyl (C=O) groups excluding carboxylic acids is 10. The third-order valence-corrected chi connectivity index (χ3v) is 18.1. The Kier molecular flexibility index (Phi) is 41.0. The van der Waals surface area contributed by atoms with E-state index in [0.29, 0.717) is 129 Å². The number of likely N-dealkylation sites (N-methyl/N-ethyl adjacent to an activating group) is 1. The van der Waals surface area contributed by atoms with E-state index in [1.54, 1.807) is 83.9 Å². The second-order valence-electron chi connectivity index (χ2n) is 28.9. The highest BCUT2D eigenvalue weighted by Gasteiger charge is 2.29. The van der Waals surface area contributed by atoms with Gasteiger partial charge in [-0.2, -0.15) is 5.26 Å². The van der Waals surface area contributed by atoms with Crippen LogP contribution in [0.3, 0.4) is 0 Å². The number of hydrogen-bond acceptors (Lipinski definition) is 33. The fourth-order valence-corrected chi connectivity index (χ4v) is 12.0. The fourth-order valence-electron chi connectivity index (χ4n) is 12.0. The minimum absolute atomic E-state index is 0.0578. The molecule has 0 radical (unpaired) electrons. The molecule has 676 valence electrons. The van der Waals surface area contributed by atoms with E-state index in [2.05, 4.69) is 35.6 Å². The molecule has 3 atom stereocenters. The molecule has 0 spiro atoms. The van der Waals surface area contributed by atoms with Crippen LogP contribution in [0.2, 0.25) is 0 Å². The van der Waals surface area contributed by atoms with Crippen molar-refractivity contribution in [1.82, 2.24) is 9.80 Å². The number of nitrogens with zero attached hydrogens (tertiary/aromatic N) is 8.